The summed E-state index contributed by atoms with van der Waals surface area (Å²) >= 11 is 3.56. The van der Waals surface area contributed by atoms with Crippen molar-refractivity contribution in [1.29, 1.82) is 0 Å². The van der Waals surface area contributed by atoms with Crippen molar-refractivity contribution >= 4 is 15.9 Å². The Hall–Kier alpha value is -0.800. The summed E-state index contributed by atoms with van der Waals surface area (Å²) in [5.74, 6) is 0.895. The molecule has 16 heavy (non-hydrogen) atoms. The van der Waals surface area contributed by atoms with Crippen LogP contribution in [0, 0.1) is 0 Å². The minimum atomic E-state index is 0.418. The van der Waals surface area contributed by atoms with Crippen LogP contribution in [0.3, 0.4) is 0 Å². The third-order valence-corrected chi connectivity index (χ3v) is 3.35. The highest BCUT2D eigenvalue weighted by Gasteiger charge is 2.09. The second-order valence-electron chi connectivity index (χ2n) is 3.67. The molecule has 1 unspecified atom stereocenters. The van der Waals surface area contributed by atoms with Crippen LogP contribution >= 0.6 is 15.9 Å². The average Bonchev–Trinajstić information content (AvgIpc) is 2.31. The second kappa shape index (κ2) is 6.71. The molecule has 1 aromatic rings. The van der Waals surface area contributed by atoms with Crippen molar-refractivity contribution in [2.45, 2.75) is 18.9 Å². The van der Waals surface area contributed by atoms with Crippen LogP contribution in [0.1, 0.15) is 12.0 Å². The topological polar surface area (TPSA) is 21.3 Å². The van der Waals surface area contributed by atoms with E-state index in [4.69, 9.17) is 4.74 Å². The first-order valence-electron chi connectivity index (χ1n) is 5.31. The third-order valence-electron chi connectivity index (χ3n) is 2.58. The number of rotatable bonds is 6. The van der Waals surface area contributed by atoms with E-state index >= 15 is 0 Å². The standard InChI is InChI=1S/C13H18BrNO/c1-4-5-11(15-2)8-10-9-12(16-3)6-7-13(10)14/h4,6-7,9,11,15H,1,5,8H2,2-3H3. The van der Waals surface area contributed by atoms with Crippen LogP contribution in [0.2, 0.25) is 0 Å². The van der Waals surface area contributed by atoms with Crippen LogP contribution in [0.5, 0.6) is 5.75 Å². The molecule has 1 N–H and O–H groups in total. The van der Waals surface area contributed by atoms with Gasteiger partial charge in [-0.1, -0.05) is 22.0 Å². The summed E-state index contributed by atoms with van der Waals surface area (Å²) in [5, 5.41) is 3.28. The van der Waals surface area contributed by atoms with Crippen molar-refractivity contribution in [3.05, 3.63) is 40.9 Å². The van der Waals surface area contributed by atoms with E-state index < -0.39 is 0 Å². The van der Waals surface area contributed by atoms with Gasteiger partial charge >= 0.3 is 0 Å². The molecule has 0 aromatic heterocycles. The van der Waals surface area contributed by atoms with E-state index in [0.717, 1.165) is 23.1 Å². The molecule has 0 radical (unpaired) electrons. The number of hydrogen-bond donors (Lipinski definition) is 1. The minimum Gasteiger partial charge on any atom is -0.497 e. The fourth-order valence-electron chi connectivity index (χ4n) is 1.60. The van der Waals surface area contributed by atoms with Gasteiger partial charge in [0.25, 0.3) is 0 Å². The molecule has 0 fully saturated rings. The largest absolute Gasteiger partial charge is 0.497 e. The molecule has 1 atom stereocenters. The van der Waals surface area contributed by atoms with Gasteiger partial charge in [-0.2, -0.15) is 0 Å². The third kappa shape index (κ3) is 3.65. The Morgan fingerprint density at radius 1 is 1.56 bits per heavy atom. The highest BCUT2D eigenvalue weighted by atomic mass is 79.9. The predicted octanol–water partition coefficient (Wildman–Crippen LogP) is 3.16. The summed E-state index contributed by atoms with van der Waals surface area (Å²) < 4.78 is 6.35. The van der Waals surface area contributed by atoms with Crippen LogP contribution in [-0.4, -0.2) is 20.2 Å². The summed E-state index contributed by atoms with van der Waals surface area (Å²) in [6.45, 7) is 3.77. The first-order chi connectivity index (χ1) is 7.71. The molecule has 0 saturated carbocycles. The SMILES string of the molecule is C=CCC(Cc1cc(OC)ccc1Br)NC. The molecule has 1 rings (SSSR count). The molecule has 2 nitrogen and oxygen atoms in total. The quantitative estimate of drug-likeness (QED) is 0.810. The maximum Gasteiger partial charge on any atom is 0.119 e. The van der Waals surface area contributed by atoms with Gasteiger partial charge in [0.2, 0.25) is 0 Å². The number of nitrogens with one attached hydrogen (secondary N) is 1. The Morgan fingerprint density at radius 3 is 2.88 bits per heavy atom. The van der Waals surface area contributed by atoms with Crippen molar-refractivity contribution in [3.8, 4) is 5.75 Å². The monoisotopic (exact) mass is 283 g/mol. The van der Waals surface area contributed by atoms with Crippen LogP contribution < -0.4 is 10.1 Å². The summed E-state index contributed by atoms with van der Waals surface area (Å²) in [6.07, 6.45) is 3.86. The second-order valence-corrected chi connectivity index (χ2v) is 4.53. The molecule has 0 amide bonds. The number of halogens is 1. The Kier molecular flexibility index (Phi) is 5.56. The van der Waals surface area contributed by atoms with Gasteiger partial charge in [-0.05, 0) is 43.7 Å². The molecule has 3 heteroatoms. The van der Waals surface area contributed by atoms with Crippen molar-refractivity contribution in [3.63, 3.8) is 0 Å². The fourth-order valence-corrected chi connectivity index (χ4v) is 2.01. The molecule has 88 valence electrons. The predicted molar refractivity (Wildman–Crippen MR) is 72.1 cm³/mol. The van der Waals surface area contributed by atoms with Crippen molar-refractivity contribution in [1.82, 2.24) is 5.32 Å². The van der Waals surface area contributed by atoms with E-state index in [9.17, 15) is 0 Å². The number of likely N-dealkylation sites (N-methyl/N-ethyl adjacent to an activating group) is 1. The molecule has 0 bridgehead atoms. The molecule has 0 aliphatic rings. The Labute approximate surface area is 106 Å². The highest BCUT2D eigenvalue weighted by molar-refractivity contribution is 9.10. The lowest BCUT2D eigenvalue weighted by Crippen LogP contribution is -2.26. The molecule has 0 heterocycles. The highest BCUT2D eigenvalue weighted by Crippen LogP contribution is 2.24. The zero-order valence-electron chi connectivity index (χ0n) is 9.79. The maximum atomic E-state index is 5.22. The van der Waals surface area contributed by atoms with E-state index in [2.05, 4.69) is 33.9 Å². The maximum absolute atomic E-state index is 5.22. The minimum absolute atomic E-state index is 0.418. The molecular weight excluding hydrogens is 266 g/mol. The van der Waals surface area contributed by atoms with Crippen LogP contribution in [0.25, 0.3) is 0 Å². The van der Waals surface area contributed by atoms with Gasteiger partial charge in [-0.3, -0.25) is 0 Å². The average molecular weight is 284 g/mol. The van der Waals surface area contributed by atoms with Crippen LogP contribution in [0.4, 0.5) is 0 Å². The smallest absolute Gasteiger partial charge is 0.119 e. The molecular formula is C13H18BrNO. The lowest BCUT2D eigenvalue weighted by Gasteiger charge is -2.15. The van der Waals surface area contributed by atoms with E-state index in [1.165, 1.54) is 5.56 Å². The van der Waals surface area contributed by atoms with Crippen LogP contribution in [0.15, 0.2) is 35.3 Å². The van der Waals surface area contributed by atoms with Crippen molar-refractivity contribution in [2.75, 3.05) is 14.2 Å². The summed E-state index contributed by atoms with van der Waals surface area (Å²) in [6, 6.07) is 6.46. The first kappa shape index (κ1) is 13.3. The van der Waals surface area contributed by atoms with Gasteiger partial charge in [0.1, 0.15) is 5.75 Å². The molecule has 0 aliphatic carbocycles. The van der Waals surface area contributed by atoms with E-state index in [-0.39, 0.29) is 0 Å². The summed E-state index contributed by atoms with van der Waals surface area (Å²) in [5.41, 5.74) is 1.25. The van der Waals surface area contributed by atoms with E-state index in [1.807, 2.05) is 25.3 Å². The lowest BCUT2D eigenvalue weighted by molar-refractivity contribution is 0.413. The van der Waals surface area contributed by atoms with Crippen molar-refractivity contribution < 1.29 is 4.74 Å². The normalized spacial score (nSPS) is 12.2. The van der Waals surface area contributed by atoms with Gasteiger partial charge in [-0.15, -0.1) is 6.58 Å². The Morgan fingerprint density at radius 2 is 2.31 bits per heavy atom. The number of ether oxygens (including phenoxy) is 1. The molecule has 0 aliphatic heterocycles. The number of hydrogen-bond acceptors (Lipinski definition) is 2. The zero-order chi connectivity index (χ0) is 12.0. The van der Waals surface area contributed by atoms with Gasteiger partial charge in [0.05, 0.1) is 7.11 Å². The van der Waals surface area contributed by atoms with Crippen LogP contribution in [-0.2, 0) is 6.42 Å². The zero-order valence-corrected chi connectivity index (χ0v) is 11.4. The molecule has 0 saturated heterocycles. The van der Waals surface area contributed by atoms with Gasteiger partial charge in [0.15, 0.2) is 0 Å². The first-order valence-corrected chi connectivity index (χ1v) is 6.11. The van der Waals surface area contributed by atoms with Gasteiger partial charge in [0, 0.05) is 10.5 Å². The summed E-state index contributed by atoms with van der Waals surface area (Å²) in [7, 11) is 3.66. The van der Waals surface area contributed by atoms with Crippen molar-refractivity contribution in [2.24, 2.45) is 0 Å². The Bertz CT molecular complexity index is 352. The van der Waals surface area contributed by atoms with Gasteiger partial charge in [-0.25, -0.2) is 0 Å². The number of benzene rings is 1. The molecule has 1 aromatic carbocycles. The van der Waals surface area contributed by atoms with E-state index in [1.54, 1.807) is 7.11 Å². The fraction of sp³-hybridized carbons (Fsp3) is 0.385. The van der Waals surface area contributed by atoms with Gasteiger partial charge < -0.3 is 10.1 Å². The number of methoxy groups -OCH3 is 1. The lowest BCUT2D eigenvalue weighted by atomic mass is 10.0. The summed E-state index contributed by atoms with van der Waals surface area (Å²) in [4.78, 5) is 0. The van der Waals surface area contributed by atoms with E-state index in [0.29, 0.717) is 6.04 Å². The Balaban J connectivity index is 2.81. The molecule has 0 spiro atoms.